The number of unbranched alkanes of at least 4 members (excludes halogenated alkanes) is 3. The maximum atomic E-state index is 10.8. The molecule has 0 fully saturated rings. The molecule has 0 saturated carbocycles. The highest BCUT2D eigenvalue weighted by Crippen LogP contribution is 2.18. The molecule has 1 amide bonds. The van der Waals surface area contributed by atoms with Gasteiger partial charge < -0.3 is 15.5 Å². The van der Waals surface area contributed by atoms with Crippen LogP contribution >= 0.6 is 0 Å². The van der Waals surface area contributed by atoms with Crippen LogP contribution in [0.3, 0.4) is 0 Å². The van der Waals surface area contributed by atoms with Crippen LogP contribution < -0.4 is 5.32 Å². The minimum absolute atomic E-state index is 0.0509. The average molecular weight is 293 g/mol. The molecule has 0 aromatic heterocycles. The normalized spacial score (nSPS) is 13.7. The Kier molecular flexibility index (Phi) is 8.01. The first-order chi connectivity index (χ1) is 10.0. The van der Waals surface area contributed by atoms with E-state index in [1.807, 2.05) is 24.3 Å². The first-order valence-electron chi connectivity index (χ1n) is 7.74. The quantitative estimate of drug-likeness (QED) is 0.612. The van der Waals surface area contributed by atoms with Gasteiger partial charge >= 0.3 is 0 Å². The number of aliphatic hydroxyl groups is 2. The van der Waals surface area contributed by atoms with Crippen molar-refractivity contribution < 1.29 is 15.0 Å². The third kappa shape index (κ3) is 6.74. The minimum Gasteiger partial charge on any atom is -0.388 e. The first-order valence-corrected chi connectivity index (χ1v) is 7.74. The zero-order valence-electron chi connectivity index (χ0n) is 13.0. The van der Waals surface area contributed by atoms with E-state index in [9.17, 15) is 15.0 Å². The molecule has 3 N–H and O–H groups in total. The second-order valence-electron chi connectivity index (χ2n) is 5.50. The second-order valence-corrected chi connectivity index (χ2v) is 5.50. The van der Waals surface area contributed by atoms with Gasteiger partial charge in [0.25, 0.3) is 0 Å². The van der Waals surface area contributed by atoms with Crippen molar-refractivity contribution in [2.24, 2.45) is 0 Å². The fraction of sp³-hybridized carbons (Fsp3) is 0.588. The van der Waals surface area contributed by atoms with Crippen LogP contribution in [0.4, 0.5) is 0 Å². The van der Waals surface area contributed by atoms with E-state index in [1.165, 1.54) is 38.2 Å². The molecule has 1 aromatic rings. The van der Waals surface area contributed by atoms with E-state index in [0.717, 1.165) is 6.42 Å². The van der Waals surface area contributed by atoms with Gasteiger partial charge in [-0.1, -0.05) is 50.5 Å². The number of benzene rings is 1. The maximum Gasteiger partial charge on any atom is 0.216 e. The number of aryl methyl sites for hydroxylation is 1. The summed E-state index contributed by atoms with van der Waals surface area (Å²) in [4.78, 5) is 10.8. The molecule has 0 aliphatic rings. The van der Waals surface area contributed by atoms with Crippen LogP contribution in [0.5, 0.6) is 0 Å². The van der Waals surface area contributed by atoms with Crippen LogP contribution in [0.1, 0.15) is 56.8 Å². The van der Waals surface area contributed by atoms with E-state index >= 15 is 0 Å². The average Bonchev–Trinajstić information content (AvgIpc) is 2.49. The Bertz CT molecular complexity index is 417. The van der Waals surface area contributed by atoms with Crippen molar-refractivity contribution in [3.05, 3.63) is 35.4 Å². The Balaban J connectivity index is 2.46. The van der Waals surface area contributed by atoms with Crippen molar-refractivity contribution in [2.45, 2.75) is 58.2 Å². The standard InChI is InChI=1S/C17H27NO3/c1-3-4-5-6-7-14-8-10-15(11-9-14)17(21)16(20)12-18-13(2)19/h8-11,16-17,20-21H,3-7,12H2,1-2H3,(H,18,19). The molecule has 0 heterocycles. The number of nitrogens with one attached hydrogen (secondary N) is 1. The van der Waals surface area contributed by atoms with E-state index in [2.05, 4.69) is 12.2 Å². The van der Waals surface area contributed by atoms with Gasteiger partial charge in [-0.25, -0.2) is 0 Å². The third-order valence-corrected chi connectivity index (χ3v) is 3.56. The summed E-state index contributed by atoms with van der Waals surface area (Å²) in [5, 5.41) is 22.4. The number of hydrogen-bond acceptors (Lipinski definition) is 3. The molecule has 0 spiro atoms. The number of carbonyl (C=O) groups is 1. The van der Waals surface area contributed by atoms with E-state index in [-0.39, 0.29) is 12.5 Å². The van der Waals surface area contributed by atoms with Crippen LogP contribution in [-0.2, 0) is 11.2 Å². The highest BCUT2D eigenvalue weighted by atomic mass is 16.3. The first kappa shape index (κ1) is 17.7. The van der Waals surface area contributed by atoms with Gasteiger partial charge in [-0.05, 0) is 24.0 Å². The highest BCUT2D eigenvalue weighted by Gasteiger charge is 2.18. The Morgan fingerprint density at radius 1 is 1.14 bits per heavy atom. The molecule has 2 atom stereocenters. The Hall–Kier alpha value is -1.39. The van der Waals surface area contributed by atoms with Crippen LogP contribution in [0.25, 0.3) is 0 Å². The second kappa shape index (κ2) is 9.53. The summed E-state index contributed by atoms with van der Waals surface area (Å²) in [6.45, 7) is 3.63. The van der Waals surface area contributed by atoms with Crippen LogP contribution in [0, 0.1) is 0 Å². The lowest BCUT2D eigenvalue weighted by Gasteiger charge is -2.18. The molecular formula is C17H27NO3. The largest absolute Gasteiger partial charge is 0.388 e. The number of rotatable bonds is 9. The van der Waals surface area contributed by atoms with Crippen molar-refractivity contribution in [3.8, 4) is 0 Å². The Morgan fingerprint density at radius 2 is 1.81 bits per heavy atom. The molecule has 1 rings (SSSR count). The van der Waals surface area contributed by atoms with Crippen molar-refractivity contribution in [1.82, 2.24) is 5.32 Å². The predicted molar refractivity (Wildman–Crippen MR) is 83.9 cm³/mol. The number of hydrogen-bond donors (Lipinski definition) is 3. The summed E-state index contributed by atoms with van der Waals surface area (Å²) >= 11 is 0. The summed E-state index contributed by atoms with van der Waals surface area (Å²) in [7, 11) is 0. The fourth-order valence-electron chi connectivity index (χ4n) is 2.22. The number of amides is 1. The Morgan fingerprint density at radius 3 is 2.38 bits per heavy atom. The lowest BCUT2D eigenvalue weighted by atomic mass is 10.00. The zero-order valence-corrected chi connectivity index (χ0v) is 13.0. The van der Waals surface area contributed by atoms with Crippen LogP contribution in [0.2, 0.25) is 0 Å². The summed E-state index contributed by atoms with van der Waals surface area (Å²) in [6, 6.07) is 7.68. The van der Waals surface area contributed by atoms with E-state index in [4.69, 9.17) is 0 Å². The van der Waals surface area contributed by atoms with Gasteiger partial charge in [-0.3, -0.25) is 4.79 Å². The molecule has 0 radical (unpaired) electrons. The Labute approximate surface area is 127 Å². The number of aliphatic hydroxyl groups excluding tert-OH is 2. The molecule has 2 unspecified atom stereocenters. The summed E-state index contributed by atoms with van der Waals surface area (Å²) in [6.07, 6.45) is 4.00. The van der Waals surface area contributed by atoms with Gasteiger partial charge in [0, 0.05) is 13.5 Å². The number of carbonyl (C=O) groups excluding carboxylic acids is 1. The van der Waals surface area contributed by atoms with Gasteiger partial charge in [0.05, 0.1) is 0 Å². The molecule has 21 heavy (non-hydrogen) atoms. The van der Waals surface area contributed by atoms with Crippen molar-refractivity contribution in [1.29, 1.82) is 0 Å². The monoisotopic (exact) mass is 293 g/mol. The third-order valence-electron chi connectivity index (χ3n) is 3.56. The van der Waals surface area contributed by atoms with E-state index < -0.39 is 12.2 Å². The van der Waals surface area contributed by atoms with Crippen LogP contribution in [0.15, 0.2) is 24.3 Å². The fourth-order valence-corrected chi connectivity index (χ4v) is 2.22. The summed E-state index contributed by atoms with van der Waals surface area (Å²) in [5.41, 5.74) is 1.92. The smallest absolute Gasteiger partial charge is 0.216 e. The van der Waals surface area contributed by atoms with Gasteiger partial charge in [0.2, 0.25) is 5.91 Å². The van der Waals surface area contributed by atoms with E-state index in [0.29, 0.717) is 5.56 Å². The lowest BCUT2D eigenvalue weighted by Crippen LogP contribution is -2.34. The van der Waals surface area contributed by atoms with Gasteiger partial charge in [0.15, 0.2) is 0 Å². The highest BCUT2D eigenvalue weighted by molar-refractivity contribution is 5.72. The van der Waals surface area contributed by atoms with Crippen molar-refractivity contribution >= 4 is 5.91 Å². The van der Waals surface area contributed by atoms with Crippen molar-refractivity contribution in [2.75, 3.05) is 6.54 Å². The molecule has 1 aromatic carbocycles. The van der Waals surface area contributed by atoms with Gasteiger partial charge in [0.1, 0.15) is 12.2 Å². The zero-order chi connectivity index (χ0) is 15.7. The van der Waals surface area contributed by atoms with Crippen LogP contribution in [-0.4, -0.2) is 28.8 Å². The molecule has 4 nitrogen and oxygen atoms in total. The molecule has 0 aliphatic heterocycles. The predicted octanol–water partition coefficient (Wildman–Crippen LogP) is 2.34. The summed E-state index contributed by atoms with van der Waals surface area (Å²) < 4.78 is 0. The SMILES string of the molecule is CCCCCCc1ccc(C(O)C(O)CNC(C)=O)cc1. The lowest BCUT2D eigenvalue weighted by molar-refractivity contribution is -0.119. The molecule has 0 bridgehead atoms. The topological polar surface area (TPSA) is 69.6 Å². The molecule has 0 aliphatic carbocycles. The minimum atomic E-state index is -0.996. The molecular weight excluding hydrogens is 266 g/mol. The molecule has 0 saturated heterocycles. The van der Waals surface area contributed by atoms with E-state index in [1.54, 1.807) is 0 Å². The summed E-state index contributed by atoms with van der Waals surface area (Å²) in [5.74, 6) is -0.219. The molecule has 118 valence electrons. The molecule has 4 heteroatoms. The van der Waals surface area contributed by atoms with Gasteiger partial charge in [-0.15, -0.1) is 0 Å². The maximum absolute atomic E-state index is 10.8. The van der Waals surface area contributed by atoms with Gasteiger partial charge in [-0.2, -0.15) is 0 Å². The van der Waals surface area contributed by atoms with Crippen molar-refractivity contribution in [3.63, 3.8) is 0 Å².